The number of hydrogen-bond acceptors (Lipinski definition) is 3. The highest BCUT2D eigenvalue weighted by atomic mass is 16.4. The average molecular weight is 270 g/mol. The molecule has 0 aromatic rings. The molecule has 110 valence electrons. The normalized spacial score (nSPS) is 20.3. The minimum absolute atomic E-state index is 0.0631. The monoisotopic (exact) mass is 270 g/mol. The Morgan fingerprint density at radius 1 is 1.26 bits per heavy atom. The van der Waals surface area contributed by atoms with Gasteiger partial charge in [0, 0.05) is 12.5 Å². The number of aliphatic carboxylic acids is 1. The Bertz CT molecular complexity index is 299. The van der Waals surface area contributed by atoms with Gasteiger partial charge in [0.25, 0.3) is 0 Å². The molecule has 1 aliphatic carbocycles. The van der Waals surface area contributed by atoms with Crippen LogP contribution in [-0.2, 0) is 9.59 Å². The third kappa shape index (κ3) is 6.05. The second-order valence-electron chi connectivity index (χ2n) is 5.59. The van der Waals surface area contributed by atoms with E-state index in [0.29, 0.717) is 5.92 Å². The van der Waals surface area contributed by atoms with Gasteiger partial charge < -0.3 is 16.2 Å². The van der Waals surface area contributed by atoms with Crippen molar-refractivity contribution in [3.8, 4) is 0 Å². The predicted molar refractivity (Wildman–Crippen MR) is 73.6 cm³/mol. The van der Waals surface area contributed by atoms with E-state index in [9.17, 15) is 9.59 Å². The summed E-state index contributed by atoms with van der Waals surface area (Å²) in [6.45, 7) is 2.03. The average Bonchev–Trinajstić information content (AvgIpc) is 2.64. The van der Waals surface area contributed by atoms with Gasteiger partial charge in [0.2, 0.25) is 5.91 Å². The van der Waals surface area contributed by atoms with Crippen molar-refractivity contribution in [2.75, 3.05) is 0 Å². The van der Waals surface area contributed by atoms with E-state index in [4.69, 9.17) is 10.8 Å². The van der Waals surface area contributed by atoms with Gasteiger partial charge in [-0.2, -0.15) is 0 Å². The molecule has 4 N–H and O–H groups in total. The van der Waals surface area contributed by atoms with E-state index in [-0.39, 0.29) is 24.8 Å². The van der Waals surface area contributed by atoms with E-state index in [1.807, 2.05) is 6.92 Å². The van der Waals surface area contributed by atoms with E-state index in [1.54, 1.807) is 0 Å². The molecule has 0 aromatic carbocycles. The smallest absolute Gasteiger partial charge is 0.303 e. The van der Waals surface area contributed by atoms with Crippen molar-refractivity contribution in [1.82, 2.24) is 5.32 Å². The summed E-state index contributed by atoms with van der Waals surface area (Å²) in [5.41, 5.74) is 5.70. The lowest BCUT2D eigenvalue weighted by Gasteiger charge is -2.25. The molecule has 1 rings (SSSR count). The number of nitrogens with one attached hydrogen (secondary N) is 1. The molecular weight excluding hydrogens is 244 g/mol. The van der Waals surface area contributed by atoms with Gasteiger partial charge in [0.05, 0.1) is 6.04 Å². The van der Waals surface area contributed by atoms with Crippen LogP contribution in [-0.4, -0.2) is 29.1 Å². The van der Waals surface area contributed by atoms with E-state index in [0.717, 1.165) is 12.8 Å². The summed E-state index contributed by atoms with van der Waals surface area (Å²) >= 11 is 0. The van der Waals surface area contributed by atoms with E-state index >= 15 is 0 Å². The molecule has 0 aromatic heterocycles. The minimum Gasteiger partial charge on any atom is -0.481 e. The summed E-state index contributed by atoms with van der Waals surface area (Å²) in [7, 11) is 0. The van der Waals surface area contributed by atoms with Crippen LogP contribution in [0, 0.1) is 5.92 Å². The number of nitrogens with two attached hydrogens (primary N) is 1. The molecule has 0 heterocycles. The van der Waals surface area contributed by atoms with Crippen molar-refractivity contribution in [2.24, 2.45) is 11.7 Å². The summed E-state index contributed by atoms with van der Waals surface area (Å²) in [4.78, 5) is 22.3. The topological polar surface area (TPSA) is 92.4 Å². The standard InChI is InChI=1S/C14H26N2O3/c1-10(11-6-4-2-3-5-7-11)16-14(19)12(15)8-9-13(17)18/h10-12H,2-9,15H2,1H3,(H,16,19)(H,17,18)/t10-,12?/m1/s1. The van der Waals surface area contributed by atoms with Gasteiger partial charge in [0.15, 0.2) is 0 Å². The molecular formula is C14H26N2O3. The summed E-state index contributed by atoms with van der Waals surface area (Å²) < 4.78 is 0. The molecule has 1 saturated carbocycles. The summed E-state index contributed by atoms with van der Waals surface area (Å²) in [5, 5.41) is 11.5. The zero-order valence-corrected chi connectivity index (χ0v) is 11.7. The SMILES string of the molecule is C[C@@H](NC(=O)C(N)CCC(=O)O)C1CCCCCC1. The maximum atomic E-state index is 11.9. The fraction of sp³-hybridized carbons (Fsp3) is 0.857. The summed E-state index contributed by atoms with van der Waals surface area (Å²) in [6.07, 6.45) is 7.49. The minimum atomic E-state index is -0.917. The molecule has 0 aliphatic heterocycles. The lowest BCUT2D eigenvalue weighted by molar-refractivity contribution is -0.137. The number of rotatable bonds is 6. The molecule has 5 nitrogen and oxygen atoms in total. The number of carbonyl (C=O) groups is 2. The Morgan fingerprint density at radius 2 is 1.84 bits per heavy atom. The Kier molecular flexibility index (Phi) is 6.84. The summed E-state index contributed by atoms with van der Waals surface area (Å²) in [5.74, 6) is -0.615. The van der Waals surface area contributed by atoms with Crippen LogP contribution in [0.1, 0.15) is 58.3 Å². The van der Waals surface area contributed by atoms with Crippen molar-refractivity contribution in [2.45, 2.75) is 70.4 Å². The van der Waals surface area contributed by atoms with Crippen molar-refractivity contribution < 1.29 is 14.7 Å². The first-order chi connectivity index (χ1) is 9.00. The Labute approximate surface area is 114 Å². The lowest BCUT2D eigenvalue weighted by atomic mass is 9.92. The van der Waals surface area contributed by atoms with Gasteiger partial charge in [-0.05, 0) is 32.1 Å². The first-order valence-corrected chi connectivity index (χ1v) is 7.28. The molecule has 5 heteroatoms. The van der Waals surface area contributed by atoms with Crippen LogP contribution in [0.3, 0.4) is 0 Å². The van der Waals surface area contributed by atoms with Crippen LogP contribution in [0.15, 0.2) is 0 Å². The number of carboxylic acids is 1. The Morgan fingerprint density at radius 3 is 2.37 bits per heavy atom. The molecule has 1 unspecified atom stereocenters. The van der Waals surface area contributed by atoms with Crippen molar-refractivity contribution >= 4 is 11.9 Å². The van der Waals surface area contributed by atoms with E-state index in [1.165, 1.54) is 25.7 Å². The zero-order chi connectivity index (χ0) is 14.3. The van der Waals surface area contributed by atoms with E-state index in [2.05, 4.69) is 5.32 Å². The second kappa shape index (κ2) is 8.15. The molecule has 0 saturated heterocycles. The van der Waals surface area contributed by atoms with Crippen LogP contribution >= 0.6 is 0 Å². The highest BCUT2D eigenvalue weighted by Gasteiger charge is 2.23. The number of carbonyl (C=O) groups excluding carboxylic acids is 1. The quantitative estimate of drug-likeness (QED) is 0.640. The zero-order valence-electron chi connectivity index (χ0n) is 11.7. The highest BCUT2D eigenvalue weighted by Crippen LogP contribution is 2.25. The van der Waals surface area contributed by atoms with Crippen LogP contribution in [0.4, 0.5) is 0 Å². The van der Waals surface area contributed by atoms with Crippen LogP contribution < -0.4 is 11.1 Å². The van der Waals surface area contributed by atoms with Gasteiger partial charge in [-0.15, -0.1) is 0 Å². The number of hydrogen-bond donors (Lipinski definition) is 3. The molecule has 0 radical (unpaired) electrons. The lowest BCUT2D eigenvalue weighted by Crippen LogP contribution is -2.47. The van der Waals surface area contributed by atoms with Gasteiger partial charge in [-0.3, -0.25) is 9.59 Å². The van der Waals surface area contributed by atoms with Gasteiger partial charge in [-0.25, -0.2) is 0 Å². The van der Waals surface area contributed by atoms with Gasteiger partial charge in [0.1, 0.15) is 0 Å². The van der Waals surface area contributed by atoms with Crippen LogP contribution in [0.2, 0.25) is 0 Å². The fourth-order valence-electron chi connectivity index (χ4n) is 2.67. The van der Waals surface area contributed by atoms with Crippen molar-refractivity contribution in [1.29, 1.82) is 0 Å². The predicted octanol–water partition coefficient (Wildman–Crippen LogP) is 1.65. The van der Waals surface area contributed by atoms with Gasteiger partial charge in [-0.1, -0.05) is 25.7 Å². The third-order valence-electron chi connectivity index (χ3n) is 3.98. The molecule has 1 aliphatic rings. The highest BCUT2D eigenvalue weighted by molar-refractivity contribution is 5.82. The summed E-state index contributed by atoms with van der Waals surface area (Å²) in [6, 6.07) is -0.592. The van der Waals surface area contributed by atoms with Crippen LogP contribution in [0.5, 0.6) is 0 Å². The molecule has 0 spiro atoms. The molecule has 0 bridgehead atoms. The molecule has 19 heavy (non-hydrogen) atoms. The Hall–Kier alpha value is -1.10. The Balaban J connectivity index is 2.35. The van der Waals surface area contributed by atoms with Crippen LogP contribution in [0.25, 0.3) is 0 Å². The molecule has 2 atom stereocenters. The first-order valence-electron chi connectivity index (χ1n) is 7.28. The second-order valence-corrected chi connectivity index (χ2v) is 5.59. The van der Waals surface area contributed by atoms with Gasteiger partial charge >= 0.3 is 5.97 Å². The van der Waals surface area contributed by atoms with Crippen molar-refractivity contribution in [3.05, 3.63) is 0 Å². The number of amides is 1. The third-order valence-corrected chi connectivity index (χ3v) is 3.98. The number of carboxylic acid groups (broad SMARTS) is 1. The van der Waals surface area contributed by atoms with E-state index < -0.39 is 12.0 Å². The maximum Gasteiger partial charge on any atom is 0.303 e. The largest absolute Gasteiger partial charge is 0.481 e. The fourth-order valence-corrected chi connectivity index (χ4v) is 2.67. The molecule has 1 amide bonds. The first kappa shape index (κ1) is 16.0. The maximum absolute atomic E-state index is 11.9. The van der Waals surface area contributed by atoms with Crippen molar-refractivity contribution in [3.63, 3.8) is 0 Å². The molecule has 1 fully saturated rings.